The van der Waals surface area contributed by atoms with E-state index < -0.39 is 11.7 Å². The van der Waals surface area contributed by atoms with Gasteiger partial charge in [-0.2, -0.15) is 0 Å². The van der Waals surface area contributed by atoms with Gasteiger partial charge in [0.15, 0.2) is 6.61 Å². The summed E-state index contributed by atoms with van der Waals surface area (Å²) < 4.78 is 5.31. The van der Waals surface area contributed by atoms with Gasteiger partial charge in [0.05, 0.1) is 17.3 Å². The Kier molecular flexibility index (Phi) is 10.7. The average Bonchev–Trinajstić information content (AvgIpc) is 2.95. The van der Waals surface area contributed by atoms with Crippen molar-refractivity contribution in [3.05, 3.63) is 88.1 Å². The molecule has 9 heteroatoms. The SMILES string of the molecule is O=C1OCCC=CCCC=C/C(NOCC(=O)N2CCC(Cc3ccccc3)CC2)=C/c2c(Cl)c(O)cc(O)c21. The summed E-state index contributed by atoms with van der Waals surface area (Å²) in [5, 5.41) is 20.5. The summed E-state index contributed by atoms with van der Waals surface area (Å²) in [5.74, 6) is -1.20. The van der Waals surface area contributed by atoms with Gasteiger partial charge in [0, 0.05) is 24.7 Å². The number of aromatic hydroxyl groups is 2. The molecule has 1 fully saturated rings. The van der Waals surface area contributed by atoms with E-state index in [0.29, 0.717) is 31.1 Å². The fraction of sp³-hybridized carbons (Fsp3) is 0.355. The molecule has 0 atom stereocenters. The summed E-state index contributed by atoms with van der Waals surface area (Å²) in [4.78, 5) is 33.0. The molecule has 1 amide bonds. The predicted molar refractivity (Wildman–Crippen MR) is 154 cm³/mol. The average molecular weight is 567 g/mol. The Balaban J connectivity index is 1.42. The number of piperidine rings is 1. The standard InChI is InChI=1S/C31H35ClN2O6/c32-30-25-19-24(12-8-3-1-2-4-9-17-39-31(38)29(25)26(35)20-27(30)36)33-40-21-28(37)34-15-13-23(14-16-34)18-22-10-6-5-7-11-22/h2,4-8,10-12,19-20,23,33,35-36H,1,3,9,13-18,21H2/b4-2?,12-8?,24-19-. The number of cyclic esters (lactones) is 1. The predicted octanol–water partition coefficient (Wildman–Crippen LogP) is 5.55. The van der Waals surface area contributed by atoms with Crippen LogP contribution in [0, 0.1) is 5.92 Å². The smallest absolute Gasteiger partial charge is 0.342 e. The van der Waals surface area contributed by atoms with E-state index in [2.05, 4.69) is 29.7 Å². The van der Waals surface area contributed by atoms with Crippen molar-refractivity contribution >= 4 is 29.6 Å². The maximum Gasteiger partial charge on any atom is 0.342 e. The zero-order valence-electron chi connectivity index (χ0n) is 22.4. The van der Waals surface area contributed by atoms with Gasteiger partial charge in [0.25, 0.3) is 5.91 Å². The molecule has 2 aliphatic heterocycles. The number of halogens is 1. The summed E-state index contributed by atoms with van der Waals surface area (Å²) >= 11 is 6.34. The van der Waals surface area contributed by atoms with Crippen LogP contribution >= 0.6 is 11.6 Å². The van der Waals surface area contributed by atoms with Crippen molar-refractivity contribution in [2.24, 2.45) is 5.92 Å². The van der Waals surface area contributed by atoms with E-state index in [4.69, 9.17) is 21.2 Å². The first kappa shape index (κ1) is 29.2. The molecule has 212 valence electrons. The molecule has 0 radical (unpaired) electrons. The molecule has 0 spiro atoms. The molecular weight excluding hydrogens is 532 g/mol. The summed E-state index contributed by atoms with van der Waals surface area (Å²) in [5.41, 5.74) is 4.35. The third kappa shape index (κ3) is 8.13. The van der Waals surface area contributed by atoms with E-state index in [-0.39, 0.29) is 41.0 Å². The minimum absolute atomic E-state index is 0.0688. The number of carbonyl (C=O) groups is 2. The van der Waals surface area contributed by atoms with Crippen LogP contribution in [0.3, 0.4) is 0 Å². The molecule has 1 saturated heterocycles. The Morgan fingerprint density at radius 3 is 2.55 bits per heavy atom. The Morgan fingerprint density at radius 1 is 1.05 bits per heavy atom. The van der Waals surface area contributed by atoms with Crippen LogP contribution in [0.25, 0.3) is 6.08 Å². The third-order valence-corrected chi connectivity index (χ3v) is 7.36. The number of benzene rings is 2. The first-order valence-corrected chi connectivity index (χ1v) is 13.9. The Bertz CT molecular complexity index is 1270. The van der Waals surface area contributed by atoms with E-state index >= 15 is 0 Å². The number of amides is 1. The van der Waals surface area contributed by atoms with Crippen molar-refractivity contribution in [1.82, 2.24) is 10.4 Å². The topological polar surface area (TPSA) is 108 Å². The molecule has 0 saturated carbocycles. The van der Waals surface area contributed by atoms with Gasteiger partial charge < -0.3 is 19.8 Å². The normalized spacial score (nSPS) is 18.3. The molecule has 0 bridgehead atoms. The number of esters is 1. The van der Waals surface area contributed by atoms with Crippen LogP contribution in [-0.2, 0) is 20.8 Å². The van der Waals surface area contributed by atoms with Crippen molar-refractivity contribution in [3.8, 4) is 11.5 Å². The summed E-state index contributed by atoms with van der Waals surface area (Å²) in [6.07, 6.45) is 14.0. The lowest BCUT2D eigenvalue weighted by Gasteiger charge is -2.32. The fourth-order valence-corrected chi connectivity index (χ4v) is 5.01. The Morgan fingerprint density at radius 2 is 1.77 bits per heavy atom. The maximum atomic E-state index is 12.8. The van der Waals surface area contributed by atoms with E-state index in [1.54, 1.807) is 6.08 Å². The van der Waals surface area contributed by atoms with E-state index in [9.17, 15) is 19.8 Å². The van der Waals surface area contributed by atoms with Gasteiger partial charge in [0.1, 0.15) is 17.1 Å². The minimum Gasteiger partial charge on any atom is -0.507 e. The number of hydrogen-bond acceptors (Lipinski definition) is 7. The zero-order valence-corrected chi connectivity index (χ0v) is 23.1. The van der Waals surface area contributed by atoms with E-state index in [1.165, 1.54) is 11.6 Å². The molecule has 2 aromatic rings. The fourth-order valence-electron chi connectivity index (χ4n) is 4.80. The first-order valence-electron chi connectivity index (χ1n) is 13.6. The molecule has 2 aromatic carbocycles. The van der Waals surface area contributed by atoms with Gasteiger partial charge in [-0.1, -0.05) is 60.2 Å². The van der Waals surface area contributed by atoms with Gasteiger partial charge in [0.2, 0.25) is 0 Å². The summed E-state index contributed by atoms with van der Waals surface area (Å²) in [7, 11) is 0. The molecular formula is C31H35ClN2O6. The summed E-state index contributed by atoms with van der Waals surface area (Å²) in [6.45, 7) is 1.30. The number of nitrogens with one attached hydrogen (secondary N) is 1. The monoisotopic (exact) mass is 566 g/mol. The number of phenolic OH excluding ortho intramolecular Hbond substituents is 2. The number of hydrogen-bond donors (Lipinski definition) is 3. The highest BCUT2D eigenvalue weighted by Crippen LogP contribution is 2.38. The van der Waals surface area contributed by atoms with Gasteiger partial charge in [-0.25, -0.2) is 4.79 Å². The van der Waals surface area contributed by atoms with Gasteiger partial charge in [-0.15, -0.1) is 0 Å². The number of fused-ring (bicyclic) bond motifs is 1. The van der Waals surface area contributed by atoms with Crippen molar-refractivity contribution in [1.29, 1.82) is 0 Å². The van der Waals surface area contributed by atoms with Crippen molar-refractivity contribution in [3.63, 3.8) is 0 Å². The minimum atomic E-state index is -0.772. The number of carbonyl (C=O) groups excluding carboxylic acids is 2. The number of hydroxylamine groups is 1. The largest absolute Gasteiger partial charge is 0.507 e. The molecule has 0 unspecified atom stereocenters. The van der Waals surface area contributed by atoms with Crippen LogP contribution in [0.4, 0.5) is 0 Å². The highest BCUT2D eigenvalue weighted by Gasteiger charge is 2.24. The quantitative estimate of drug-likeness (QED) is 0.239. The van der Waals surface area contributed by atoms with Crippen LogP contribution in [0.5, 0.6) is 11.5 Å². The molecule has 2 heterocycles. The van der Waals surface area contributed by atoms with Crippen molar-refractivity contribution in [2.75, 3.05) is 26.3 Å². The zero-order chi connectivity index (χ0) is 28.3. The van der Waals surface area contributed by atoms with E-state index in [1.807, 2.05) is 29.2 Å². The highest BCUT2D eigenvalue weighted by atomic mass is 35.5. The van der Waals surface area contributed by atoms with Crippen LogP contribution in [0.2, 0.25) is 5.02 Å². The number of allylic oxidation sites excluding steroid dienone is 3. The molecule has 4 rings (SSSR count). The van der Waals surface area contributed by atoms with Crippen molar-refractivity contribution in [2.45, 2.75) is 38.5 Å². The lowest BCUT2D eigenvalue weighted by atomic mass is 9.90. The lowest BCUT2D eigenvalue weighted by molar-refractivity contribution is -0.139. The number of phenols is 2. The Hall–Kier alpha value is -3.75. The third-order valence-electron chi connectivity index (χ3n) is 6.97. The van der Waals surface area contributed by atoms with Gasteiger partial charge in [-0.05, 0) is 62.2 Å². The molecule has 0 aromatic heterocycles. The number of nitrogens with zero attached hydrogens (tertiary/aromatic N) is 1. The number of rotatable bonds is 6. The number of likely N-dealkylation sites (tertiary alicyclic amines) is 1. The first-order chi connectivity index (χ1) is 19.4. The molecule has 2 aliphatic rings. The molecule has 0 aliphatic carbocycles. The van der Waals surface area contributed by atoms with Gasteiger partial charge >= 0.3 is 5.97 Å². The molecule has 40 heavy (non-hydrogen) atoms. The van der Waals surface area contributed by atoms with Crippen LogP contribution in [0.15, 0.2) is 66.4 Å². The van der Waals surface area contributed by atoms with Crippen molar-refractivity contribution < 1.29 is 29.4 Å². The van der Waals surface area contributed by atoms with E-state index in [0.717, 1.165) is 38.2 Å². The highest BCUT2D eigenvalue weighted by molar-refractivity contribution is 6.34. The maximum absolute atomic E-state index is 12.8. The van der Waals surface area contributed by atoms with Crippen LogP contribution < -0.4 is 5.48 Å². The second-order valence-electron chi connectivity index (χ2n) is 9.90. The second kappa shape index (κ2) is 14.6. The number of ether oxygens (including phenoxy) is 1. The summed E-state index contributed by atoms with van der Waals surface area (Å²) in [6, 6.07) is 11.4. The van der Waals surface area contributed by atoms with Gasteiger partial charge in [-0.3, -0.25) is 15.1 Å². The van der Waals surface area contributed by atoms with Crippen LogP contribution in [0.1, 0.15) is 53.6 Å². The molecule has 3 N–H and O–H groups in total. The lowest BCUT2D eigenvalue weighted by Crippen LogP contribution is -2.41. The Labute approximate surface area is 239 Å². The van der Waals surface area contributed by atoms with Crippen LogP contribution in [-0.4, -0.2) is 53.3 Å². The molecule has 8 nitrogen and oxygen atoms in total. The second-order valence-corrected chi connectivity index (χ2v) is 10.3.